The Labute approximate surface area is 147 Å². The first kappa shape index (κ1) is 20.4. The maximum Gasteiger partial charge on any atom is 0.319 e. The molecule has 0 heterocycles. The Kier molecular flexibility index (Phi) is 8.99. The summed E-state index contributed by atoms with van der Waals surface area (Å²) in [5, 5.41) is 13.9. The summed E-state index contributed by atoms with van der Waals surface area (Å²) in [6.07, 6.45) is 0.368. The molecule has 0 aliphatic rings. The van der Waals surface area contributed by atoms with Crippen molar-refractivity contribution in [2.45, 2.75) is 33.6 Å². The van der Waals surface area contributed by atoms with Crippen LogP contribution in [0.1, 0.15) is 33.6 Å². The summed E-state index contributed by atoms with van der Waals surface area (Å²) < 4.78 is 16.8. The lowest BCUT2D eigenvalue weighted by Crippen LogP contribution is -2.29. The van der Waals surface area contributed by atoms with Crippen LogP contribution < -0.4 is 24.8 Å². The second kappa shape index (κ2) is 11.0. The molecule has 1 aromatic rings. The van der Waals surface area contributed by atoms with Gasteiger partial charge in [0.05, 0.1) is 25.5 Å². The molecule has 8 heteroatoms. The number of urea groups is 1. The van der Waals surface area contributed by atoms with E-state index in [0.717, 1.165) is 0 Å². The highest BCUT2D eigenvalue weighted by Crippen LogP contribution is 2.40. The molecule has 1 aromatic carbocycles. The number of benzene rings is 1. The van der Waals surface area contributed by atoms with E-state index < -0.39 is 12.0 Å². The summed E-state index contributed by atoms with van der Waals surface area (Å²) in [5.41, 5.74) is 0.492. The number of ether oxygens (including phenoxy) is 3. The van der Waals surface area contributed by atoms with E-state index in [2.05, 4.69) is 10.6 Å². The van der Waals surface area contributed by atoms with Gasteiger partial charge in [0.1, 0.15) is 0 Å². The van der Waals surface area contributed by atoms with Crippen LogP contribution in [0.5, 0.6) is 17.2 Å². The van der Waals surface area contributed by atoms with Crippen molar-refractivity contribution in [2.24, 2.45) is 0 Å². The quantitative estimate of drug-likeness (QED) is 0.528. The molecule has 0 atom stereocenters. The van der Waals surface area contributed by atoms with E-state index in [1.165, 1.54) is 0 Å². The van der Waals surface area contributed by atoms with E-state index in [-0.39, 0.29) is 13.0 Å². The Hall–Kier alpha value is -2.64. The molecule has 0 spiro atoms. The van der Waals surface area contributed by atoms with Crippen LogP contribution >= 0.6 is 0 Å². The summed E-state index contributed by atoms with van der Waals surface area (Å²) in [7, 11) is 0. The monoisotopic (exact) mass is 354 g/mol. The van der Waals surface area contributed by atoms with E-state index in [4.69, 9.17) is 19.3 Å². The zero-order valence-corrected chi connectivity index (χ0v) is 14.9. The lowest BCUT2D eigenvalue weighted by atomic mass is 10.2. The highest BCUT2D eigenvalue weighted by atomic mass is 16.5. The maximum absolute atomic E-state index is 11.9. The molecule has 1 rings (SSSR count). The van der Waals surface area contributed by atoms with Crippen molar-refractivity contribution >= 4 is 17.7 Å². The predicted octanol–water partition coefficient (Wildman–Crippen LogP) is 2.87. The molecule has 8 nitrogen and oxygen atoms in total. The molecular weight excluding hydrogens is 328 g/mol. The van der Waals surface area contributed by atoms with Gasteiger partial charge in [-0.25, -0.2) is 4.79 Å². The Morgan fingerprint density at radius 3 is 2.04 bits per heavy atom. The second-order valence-corrected chi connectivity index (χ2v) is 4.98. The molecule has 0 radical (unpaired) electrons. The number of carboxylic acids is 1. The normalized spacial score (nSPS) is 10.0. The third-order valence-corrected chi connectivity index (χ3v) is 3.02. The molecule has 0 saturated heterocycles. The van der Waals surface area contributed by atoms with Gasteiger partial charge in [0.25, 0.3) is 0 Å². The molecule has 0 fully saturated rings. The smallest absolute Gasteiger partial charge is 0.319 e. The number of anilines is 1. The largest absolute Gasteiger partial charge is 0.490 e. The van der Waals surface area contributed by atoms with E-state index in [1.54, 1.807) is 12.1 Å². The molecule has 0 unspecified atom stereocenters. The summed E-state index contributed by atoms with van der Waals surface area (Å²) in [5.74, 6) is 0.572. The second-order valence-electron chi connectivity index (χ2n) is 4.98. The van der Waals surface area contributed by atoms with Crippen LogP contribution in [0.3, 0.4) is 0 Å². The van der Waals surface area contributed by atoms with Crippen LogP contribution in [0, 0.1) is 0 Å². The van der Waals surface area contributed by atoms with Gasteiger partial charge in [0.2, 0.25) is 5.75 Å². The topological polar surface area (TPSA) is 106 Å². The Bertz CT molecular complexity index is 549. The minimum atomic E-state index is -0.892. The first-order chi connectivity index (χ1) is 12.0. The molecule has 0 aromatic heterocycles. The van der Waals surface area contributed by atoms with Crippen LogP contribution in [0.4, 0.5) is 10.5 Å². The summed E-state index contributed by atoms with van der Waals surface area (Å²) in [6.45, 7) is 7.18. The fraction of sp³-hybridized carbons (Fsp3) is 0.529. The lowest BCUT2D eigenvalue weighted by molar-refractivity contribution is -0.137. The Morgan fingerprint density at radius 1 is 1.00 bits per heavy atom. The average molecular weight is 354 g/mol. The number of hydrogen-bond donors (Lipinski definition) is 3. The first-order valence-corrected chi connectivity index (χ1v) is 8.34. The van der Waals surface area contributed by atoms with Gasteiger partial charge in [-0.3, -0.25) is 4.79 Å². The maximum atomic E-state index is 11.9. The number of carbonyl (C=O) groups is 2. The number of aliphatic carboxylic acids is 1. The molecule has 0 aliphatic heterocycles. The highest BCUT2D eigenvalue weighted by Gasteiger charge is 2.16. The zero-order valence-electron chi connectivity index (χ0n) is 14.9. The van der Waals surface area contributed by atoms with Gasteiger partial charge in [-0.05, 0) is 27.2 Å². The highest BCUT2D eigenvalue weighted by molar-refractivity contribution is 5.90. The SMILES string of the molecule is CCOc1cc(NC(=O)NCCCC(=O)O)cc(OCC)c1OCC. The third kappa shape index (κ3) is 7.19. The number of hydrogen-bond acceptors (Lipinski definition) is 5. The van der Waals surface area contributed by atoms with Crippen LogP contribution in [-0.2, 0) is 4.79 Å². The fourth-order valence-electron chi connectivity index (χ4n) is 2.08. The lowest BCUT2D eigenvalue weighted by Gasteiger charge is -2.17. The zero-order chi connectivity index (χ0) is 18.7. The molecule has 3 N–H and O–H groups in total. The van der Waals surface area contributed by atoms with Crippen molar-refractivity contribution in [1.29, 1.82) is 0 Å². The van der Waals surface area contributed by atoms with Crippen LogP contribution in [0.2, 0.25) is 0 Å². The van der Waals surface area contributed by atoms with Gasteiger partial charge in [-0.1, -0.05) is 0 Å². The van der Waals surface area contributed by atoms with Gasteiger partial charge in [-0.15, -0.1) is 0 Å². The van der Waals surface area contributed by atoms with Gasteiger partial charge in [0.15, 0.2) is 11.5 Å². The van der Waals surface area contributed by atoms with Crippen molar-refractivity contribution in [2.75, 3.05) is 31.7 Å². The first-order valence-electron chi connectivity index (χ1n) is 8.34. The van der Waals surface area contributed by atoms with Crippen LogP contribution in [0.25, 0.3) is 0 Å². The van der Waals surface area contributed by atoms with Gasteiger partial charge >= 0.3 is 12.0 Å². The van der Waals surface area contributed by atoms with E-state index in [0.29, 0.717) is 49.2 Å². The fourth-order valence-corrected chi connectivity index (χ4v) is 2.08. The van der Waals surface area contributed by atoms with Crippen molar-refractivity contribution in [3.05, 3.63) is 12.1 Å². The standard InChI is InChI=1S/C17H26N2O6/c1-4-23-13-10-12(11-14(24-5-2)16(13)25-6-3)19-17(22)18-9-7-8-15(20)21/h10-11H,4-9H2,1-3H3,(H,20,21)(H2,18,19,22). The predicted molar refractivity (Wildman–Crippen MR) is 93.8 cm³/mol. The molecule has 0 bridgehead atoms. The molecule has 0 aliphatic carbocycles. The van der Waals surface area contributed by atoms with Crippen molar-refractivity contribution in [3.63, 3.8) is 0 Å². The molecular formula is C17H26N2O6. The summed E-state index contributed by atoms with van der Waals surface area (Å²) in [4.78, 5) is 22.4. The number of carboxylic acid groups (broad SMARTS) is 1. The van der Waals surface area contributed by atoms with Gasteiger partial charge in [-0.2, -0.15) is 0 Å². The van der Waals surface area contributed by atoms with Crippen molar-refractivity contribution < 1.29 is 28.9 Å². The van der Waals surface area contributed by atoms with Gasteiger partial charge < -0.3 is 30.0 Å². The van der Waals surface area contributed by atoms with E-state index >= 15 is 0 Å². The summed E-state index contributed by atoms with van der Waals surface area (Å²) >= 11 is 0. The number of carbonyl (C=O) groups excluding carboxylic acids is 1. The Morgan fingerprint density at radius 2 is 1.56 bits per heavy atom. The number of nitrogens with one attached hydrogen (secondary N) is 2. The minimum Gasteiger partial charge on any atom is -0.490 e. The third-order valence-electron chi connectivity index (χ3n) is 3.02. The minimum absolute atomic E-state index is 0.00626. The number of amides is 2. The molecule has 25 heavy (non-hydrogen) atoms. The number of rotatable bonds is 11. The van der Waals surface area contributed by atoms with Crippen molar-refractivity contribution in [3.8, 4) is 17.2 Å². The average Bonchev–Trinajstić information content (AvgIpc) is 2.55. The van der Waals surface area contributed by atoms with Gasteiger partial charge in [0, 0.05) is 25.1 Å². The molecule has 140 valence electrons. The molecule has 0 saturated carbocycles. The van der Waals surface area contributed by atoms with E-state index in [1.807, 2.05) is 20.8 Å². The van der Waals surface area contributed by atoms with Crippen LogP contribution in [-0.4, -0.2) is 43.5 Å². The van der Waals surface area contributed by atoms with E-state index in [9.17, 15) is 9.59 Å². The van der Waals surface area contributed by atoms with Crippen molar-refractivity contribution in [1.82, 2.24) is 5.32 Å². The Balaban J connectivity index is 2.83. The van der Waals surface area contributed by atoms with Crippen LogP contribution in [0.15, 0.2) is 12.1 Å². The molecule has 2 amide bonds. The summed E-state index contributed by atoms with van der Waals surface area (Å²) in [6, 6.07) is 2.89.